The van der Waals surface area contributed by atoms with E-state index in [4.69, 9.17) is 0 Å². The summed E-state index contributed by atoms with van der Waals surface area (Å²) in [4.78, 5) is 14.0. The van der Waals surface area contributed by atoms with Crippen molar-refractivity contribution in [3.05, 3.63) is 17.5 Å². The second kappa shape index (κ2) is 6.28. The van der Waals surface area contributed by atoms with Gasteiger partial charge in [-0.3, -0.25) is 4.68 Å². The topological polar surface area (TPSA) is 70.4 Å². The van der Waals surface area contributed by atoms with Crippen LogP contribution in [0.3, 0.4) is 0 Å². The molecule has 0 bridgehead atoms. The van der Waals surface area contributed by atoms with E-state index >= 15 is 0 Å². The molecule has 0 aromatic carbocycles. The van der Waals surface area contributed by atoms with E-state index in [-0.39, 0.29) is 17.6 Å². The van der Waals surface area contributed by atoms with Crippen molar-refractivity contribution in [1.29, 1.82) is 0 Å². The van der Waals surface area contributed by atoms with Gasteiger partial charge in [-0.15, -0.1) is 0 Å². The molecular weight excluding hydrogens is 280 g/mol. The second-order valence-corrected chi connectivity index (χ2v) is 7.20. The summed E-state index contributed by atoms with van der Waals surface area (Å²) in [5, 5.41) is 17.2. The monoisotopic (exact) mass is 308 g/mol. The first-order chi connectivity index (χ1) is 10.2. The fourth-order valence-corrected chi connectivity index (χ4v) is 2.74. The Hall–Kier alpha value is -1.56. The largest absolute Gasteiger partial charge is 0.391 e. The van der Waals surface area contributed by atoms with Gasteiger partial charge in [0, 0.05) is 24.8 Å². The molecule has 1 fully saturated rings. The number of aliphatic hydroxyl groups is 1. The third-order valence-corrected chi connectivity index (χ3v) is 4.11. The lowest BCUT2D eigenvalue weighted by Crippen LogP contribution is -2.47. The summed E-state index contributed by atoms with van der Waals surface area (Å²) >= 11 is 0. The van der Waals surface area contributed by atoms with Crippen molar-refractivity contribution in [2.24, 2.45) is 0 Å². The Morgan fingerprint density at radius 2 is 2.18 bits per heavy atom. The van der Waals surface area contributed by atoms with E-state index in [2.05, 4.69) is 31.2 Å². The average molecular weight is 308 g/mol. The smallest absolute Gasteiger partial charge is 0.317 e. The summed E-state index contributed by atoms with van der Waals surface area (Å²) in [5.41, 5.74) is 1.88. The van der Waals surface area contributed by atoms with E-state index in [1.165, 1.54) is 0 Å². The maximum absolute atomic E-state index is 12.3. The lowest BCUT2D eigenvalue weighted by Gasteiger charge is -2.31. The number of rotatable bonds is 2. The van der Waals surface area contributed by atoms with E-state index in [1.54, 1.807) is 4.90 Å². The molecule has 22 heavy (non-hydrogen) atoms. The number of carbonyl (C=O) groups excluding carboxylic acids is 1. The van der Waals surface area contributed by atoms with Crippen molar-refractivity contribution in [3.63, 3.8) is 0 Å². The molecule has 6 heteroatoms. The molecule has 0 radical (unpaired) electrons. The molecule has 0 spiro atoms. The Kier molecular flexibility index (Phi) is 4.80. The van der Waals surface area contributed by atoms with Gasteiger partial charge in [0.05, 0.1) is 23.4 Å². The predicted molar refractivity (Wildman–Crippen MR) is 85.7 cm³/mol. The van der Waals surface area contributed by atoms with Gasteiger partial charge < -0.3 is 15.3 Å². The number of nitrogens with zero attached hydrogens (tertiary/aromatic N) is 3. The van der Waals surface area contributed by atoms with Crippen LogP contribution in [0.1, 0.15) is 57.8 Å². The molecule has 1 aliphatic rings. The van der Waals surface area contributed by atoms with Crippen molar-refractivity contribution < 1.29 is 9.90 Å². The average Bonchev–Trinajstić information content (AvgIpc) is 2.81. The Labute approximate surface area is 132 Å². The molecule has 0 unspecified atom stereocenters. The summed E-state index contributed by atoms with van der Waals surface area (Å²) in [5.74, 6) is 0. The fourth-order valence-electron chi connectivity index (χ4n) is 2.74. The molecule has 2 amide bonds. The first-order valence-corrected chi connectivity index (χ1v) is 7.98. The van der Waals surface area contributed by atoms with Gasteiger partial charge in [0.25, 0.3) is 0 Å². The second-order valence-electron chi connectivity index (χ2n) is 7.20. The van der Waals surface area contributed by atoms with Gasteiger partial charge in [0.2, 0.25) is 0 Å². The molecule has 1 aliphatic heterocycles. The maximum Gasteiger partial charge on any atom is 0.317 e. The van der Waals surface area contributed by atoms with Crippen LogP contribution < -0.4 is 5.32 Å². The molecule has 124 valence electrons. The number of carbonyl (C=O) groups is 1. The Bertz CT molecular complexity index is 533. The lowest BCUT2D eigenvalue weighted by molar-refractivity contribution is 0.0835. The summed E-state index contributed by atoms with van der Waals surface area (Å²) in [6.07, 6.45) is 3.23. The van der Waals surface area contributed by atoms with Crippen LogP contribution in [0, 0.1) is 6.92 Å². The van der Waals surface area contributed by atoms with Crippen LogP contribution in [0.5, 0.6) is 0 Å². The summed E-state index contributed by atoms with van der Waals surface area (Å²) in [6.45, 7) is 11.3. The van der Waals surface area contributed by atoms with E-state index < -0.39 is 6.10 Å². The number of likely N-dealkylation sites (tertiary alicyclic amines) is 1. The summed E-state index contributed by atoms with van der Waals surface area (Å²) in [6, 6.07) is -0.225. The van der Waals surface area contributed by atoms with E-state index in [0.717, 1.165) is 24.1 Å². The van der Waals surface area contributed by atoms with Crippen LogP contribution in [0.25, 0.3) is 0 Å². The van der Waals surface area contributed by atoms with E-state index in [0.29, 0.717) is 13.1 Å². The third kappa shape index (κ3) is 3.80. The Morgan fingerprint density at radius 1 is 1.50 bits per heavy atom. The number of amides is 2. The number of hydrogen-bond donors (Lipinski definition) is 2. The van der Waals surface area contributed by atoms with Crippen LogP contribution in [0.2, 0.25) is 0 Å². The zero-order valence-corrected chi connectivity index (χ0v) is 14.3. The van der Waals surface area contributed by atoms with Gasteiger partial charge in [0.1, 0.15) is 0 Å². The van der Waals surface area contributed by atoms with Crippen LogP contribution in [-0.4, -0.2) is 45.0 Å². The minimum Gasteiger partial charge on any atom is -0.391 e. The van der Waals surface area contributed by atoms with E-state index in [1.807, 2.05) is 24.7 Å². The highest BCUT2D eigenvalue weighted by atomic mass is 16.3. The normalized spacial score (nSPS) is 20.8. The van der Waals surface area contributed by atoms with Crippen molar-refractivity contribution >= 4 is 6.03 Å². The molecule has 6 nitrogen and oxygen atoms in total. The molecular formula is C16H28N4O2. The van der Waals surface area contributed by atoms with Crippen LogP contribution in [0.15, 0.2) is 6.20 Å². The maximum atomic E-state index is 12.3. The van der Waals surface area contributed by atoms with Crippen molar-refractivity contribution in [2.45, 2.75) is 65.1 Å². The Balaban J connectivity index is 2.04. The molecule has 2 N–H and O–H groups in total. The molecule has 2 heterocycles. The zero-order chi connectivity index (χ0) is 16.5. The van der Waals surface area contributed by atoms with Crippen molar-refractivity contribution in [3.8, 4) is 0 Å². The van der Waals surface area contributed by atoms with Gasteiger partial charge in [-0.05, 0) is 47.5 Å². The number of aliphatic hydroxyl groups excluding tert-OH is 1. The van der Waals surface area contributed by atoms with Crippen LogP contribution >= 0.6 is 0 Å². The summed E-state index contributed by atoms with van der Waals surface area (Å²) in [7, 11) is 0. The lowest BCUT2D eigenvalue weighted by atomic mass is 10.1. The van der Waals surface area contributed by atoms with Crippen LogP contribution in [-0.2, 0) is 5.54 Å². The van der Waals surface area contributed by atoms with Gasteiger partial charge >= 0.3 is 6.03 Å². The highest BCUT2D eigenvalue weighted by Crippen LogP contribution is 2.21. The van der Waals surface area contributed by atoms with Gasteiger partial charge in [-0.2, -0.15) is 5.10 Å². The third-order valence-electron chi connectivity index (χ3n) is 4.11. The number of β-amino-alcohol motifs (C(OH)–C–C–N with tert-alkyl or cyclic N) is 1. The molecule has 0 saturated carbocycles. The van der Waals surface area contributed by atoms with E-state index in [9.17, 15) is 9.90 Å². The summed E-state index contributed by atoms with van der Waals surface area (Å²) < 4.78 is 1.94. The highest BCUT2D eigenvalue weighted by Gasteiger charge is 2.25. The molecule has 2 rings (SSSR count). The highest BCUT2D eigenvalue weighted by molar-refractivity contribution is 5.74. The standard InChI is InChI=1S/C16H28N4O2/c1-11(14-10-20(16(3,4)5)18-12(14)2)17-15(22)19-8-6-7-13(21)9-19/h10-11,13,21H,6-9H2,1-5H3,(H,17,22)/t11-,13-/m1/s1. The van der Waals surface area contributed by atoms with Crippen molar-refractivity contribution in [1.82, 2.24) is 20.0 Å². The molecule has 0 aliphatic carbocycles. The SMILES string of the molecule is Cc1nn(C(C)(C)C)cc1[C@@H](C)NC(=O)N1CCC[C@@H](O)C1. The van der Waals surface area contributed by atoms with Gasteiger partial charge in [-0.25, -0.2) is 4.79 Å². The minimum absolute atomic E-state index is 0.0796. The van der Waals surface area contributed by atoms with Crippen LogP contribution in [0.4, 0.5) is 4.79 Å². The van der Waals surface area contributed by atoms with Gasteiger partial charge in [0.15, 0.2) is 0 Å². The zero-order valence-electron chi connectivity index (χ0n) is 14.3. The first kappa shape index (κ1) is 16.8. The quantitative estimate of drug-likeness (QED) is 0.879. The number of urea groups is 1. The number of aromatic nitrogens is 2. The molecule has 2 atom stereocenters. The molecule has 1 aromatic rings. The molecule has 1 saturated heterocycles. The Morgan fingerprint density at radius 3 is 2.73 bits per heavy atom. The van der Waals surface area contributed by atoms with Crippen molar-refractivity contribution in [2.75, 3.05) is 13.1 Å². The number of piperidine rings is 1. The number of hydrogen-bond acceptors (Lipinski definition) is 3. The van der Waals surface area contributed by atoms with Gasteiger partial charge in [-0.1, -0.05) is 0 Å². The predicted octanol–water partition coefficient (Wildman–Crippen LogP) is 2.17. The molecule has 1 aromatic heterocycles. The minimum atomic E-state index is -0.403. The number of aryl methyl sites for hydroxylation is 1. The fraction of sp³-hybridized carbons (Fsp3) is 0.750. The first-order valence-electron chi connectivity index (χ1n) is 7.98. The number of nitrogens with one attached hydrogen (secondary N) is 1.